The number of carboxylic acid groups (broad SMARTS) is 1. The van der Waals surface area contributed by atoms with Crippen LogP contribution in [0.2, 0.25) is 0 Å². The second kappa shape index (κ2) is 4.58. The highest BCUT2D eigenvalue weighted by Crippen LogP contribution is 2.29. The fraction of sp³-hybridized carbons (Fsp3) is 0.889. The van der Waals surface area contributed by atoms with Crippen LogP contribution in [-0.2, 0) is 9.53 Å². The van der Waals surface area contributed by atoms with Gasteiger partial charge in [-0.05, 0) is 12.8 Å². The van der Waals surface area contributed by atoms with E-state index in [1.54, 1.807) is 0 Å². The van der Waals surface area contributed by atoms with Crippen LogP contribution in [0.1, 0.15) is 38.5 Å². The van der Waals surface area contributed by atoms with Crippen LogP contribution in [0, 0.1) is 0 Å². The lowest BCUT2D eigenvalue weighted by atomic mass is 10.1. The smallest absolute Gasteiger partial charge is 0.303 e. The van der Waals surface area contributed by atoms with E-state index >= 15 is 0 Å². The lowest BCUT2D eigenvalue weighted by molar-refractivity contribution is -0.137. The van der Waals surface area contributed by atoms with Gasteiger partial charge in [-0.15, -0.1) is 0 Å². The van der Waals surface area contributed by atoms with Crippen molar-refractivity contribution in [3.8, 4) is 0 Å². The zero-order valence-corrected chi connectivity index (χ0v) is 7.66. The molecule has 0 bridgehead atoms. The molecule has 4 heteroatoms. The number of ether oxygens (including phenoxy) is 1. The summed E-state index contributed by atoms with van der Waals surface area (Å²) >= 11 is 0. The molecule has 0 aliphatic carbocycles. The van der Waals surface area contributed by atoms with Gasteiger partial charge < -0.3 is 14.9 Å². The second-order valence-electron chi connectivity index (χ2n) is 3.54. The molecule has 1 heterocycles. The Morgan fingerprint density at radius 2 is 1.92 bits per heavy atom. The Labute approximate surface area is 77.5 Å². The minimum absolute atomic E-state index is 0.251. The van der Waals surface area contributed by atoms with Gasteiger partial charge in [-0.1, -0.05) is 12.8 Å². The number of hydrogen-bond donors (Lipinski definition) is 2. The van der Waals surface area contributed by atoms with Gasteiger partial charge in [-0.25, -0.2) is 0 Å². The van der Waals surface area contributed by atoms with E-state index in [1.807, 2.05) is 0 Å². The number of epoxide rings is 1. The summed E-state index contributed by atoms with van der Waals surface area (Å²) in [7, 11) is 0. The van der Waals surface area contributed by atoms with Gasteiger partial charge in [0.1, 0.15) is 6.61 Å². The number of aliphatic hydroxyl groups is 1. The van der Waals surface area contributed by atoms with E-state index in [9.17, 15) is 9.90 Å². The van der Waals surface area contributed by atoms with E-state index in [-0.39, 0.29) is 6.42 Å². The maximum absolute atomic E-state index is 10.1. The van der Waals surface area contributed by atoms with E-state index < -0.39 is 11.8 Å². The van der Waals surface area contributed by atoms with Crippen molar-refractivity contribution in [1.29, 1.82) is 0 Å². The molecule has 4 nitrogen and oxygen atoms in total. The van der Waals surface area contributed by atoms with E-state index in [0.717, 1.165) is 25.7 Å². The zero-order valence-electron chi connectivity index (χ0n) is 7.66. The fourth-order valence-electron chi connectivity index (χ4n) is 1.26. The third-order valence-corrected chi connectivity index (χ3v) is 2.19. The average molecular weight is 188 g/mol. The molecular formula is C9H16O4. The van der Waals surface area contributed by atoms with Crippen molar-refractivity contribution in [1.82, 2.24) is 0 Å². The van der Waals surface area contributed by atoms with Crippen molar-refractivity contribution in [2.24, 2.45) is 0 Å². The summed E-state index contributed by atoms with van der Waals surface area (Å²) in [6, 6.07) is 0. The second-order valence-corrected chi connectivity index (χ2v) is 3.54. The molecule has 1 unspecified atom stereocenters. The quantitative estimate of drug-likeness (QED) is 0.464. The van der Waals surface area contributed by atoms with Gasteiger partial charge in [0.05, 0.1) is 0 Å². The van der Waals surface area contributed by atoms with Gasteiger partial charge in [0.2, 0.25) is 0 Å². The summed E-state index contributed by atoms with van der Waals surface area (Å²) in [6.07, 6.45) is 4.47. The highest BCUT2D eigenvalue weighted by Gasteiger charge is 2.41. The van der Waals surface area contributed by atoms with Crippen molar-refractivity contribution in [2.45, 2.75) is 44.3 Å². The summed E-state index contributed by atoms with van der Waals surface area (Å²) in [5.74, 6) is -1.56. The number of rotatable bonds is 7. The molecule has 13 heavy (non-hydrogen) atoms. The minimum Gasteiger partial charge on any atom is -0.481 e. The van der Waals surface area contributed by atoms with Gasteiger partial charge >= 0.3 is 5.97 Å². The van der Waals surface area contributed by atoms with Crippen LogP contribution in [0.25, 0.3) is 0 Å². The molecule has 0 aromatic heterocycles. The largest absolute Gasteiger partial charge is 0.481 e. The molecule has 0 saturated carbocycles. The van der Waals surface area contributed by atoms with Crippen molar-refractivity contribution < 1.29 is 19.7 Å². The third kappa shape index (κ3) is 4.85. The van der Waals surface area contributed by atoms with Crippen LogP contribution in [0.5, 0.6) is 0 Å². The van der Waals surface area contributed by atoms with Crippen LogP contribution >= 0.6 is 0 Å². The standard InChI is InChI=1S/C9H16O4/c10-8(11)5-3-1-2-4-6-9(12)7-13-9/h12H,1-7H2,(H,10,11). The lowest BCUT2D eigenvalue weighted by Gasteiger charge is -2.02. The molecule has 0 amide bonds. The van der Waals surface area contributed by atoms with Crippen LogP contribution in [0.15, 0.2) is 0 Å². The van der Waals surface area contributed by atoms with Crippen LogP contribution < -0.4 is 0 Å². The van der Waals surface area contributed by atoms with Gasteiger partial charge in [0.25, 0.3) is 0 Å². The van der Waals surface area contributed by atoms with E-state index in [4.69, 9.17) is 9.84 Å². The Morgan fingerprint density at radius 1 is 1.31 bits per heavy atom. The van der Waals surface area contributed by atoms with Gasteiger partial charge in [-0.3, -0.25) is 4.79 Å². The average Bonchev–Trinajstić information content (AvgIpc) is 2.76. The molecule has 1 fully saturated rings. The highest BCUT2D eigenvalue weighted by atomic mass is 16.7. The number of unbranched alkanes of at least 4 members (excludes halogenated alkanes) is 3. The predicted molar refractivity (Wildman–Crippen MR) is 46.2 cm³/mol. The van der Waals surface area contributed by atoms with Crippen LogP contribution in [0.4, 0.5) is 0 Å². The molecule has 1 aliphatic heterocycles. The number of aliphatic carboxylic acids is 1. The first-order valence-electron chi connectivity index (χ1n) is 4.70. The summed E-state index contributed by atoms with van der Waals surface area (Å²) in [6.45, 7) is 0.460. The molecule has 2 N–H and O–H groups in total. The summed E-state index contributed by atoms with van der Waals surface area (Å²) in [4.78, 5) is 10.1. The van der Waals surface area contributed by atoms with Gasteiger partial charge in [-0.2, -0.15) is 0 Å². The molecule has 76 valence electrons. The Bertz CT molecular complexity index is 174. The van der Waals surface area contributed by atoms with Crippen molar-refractivity contribution in [3.05, 3.63) is 0 Å². The first kappa shape index (κ1) is 10.5. The molecule has 0 aromatic carbocycles. The maximum atomic E-state index is 10.1. The van der Waals surface area contributed by atoms with E-state index in [2.05, 4.69) is 0 Å². The summed E-state index contributed by atoms with van der Waals surface area (Å²) < 4.78 is 4.80. The molecule has 0 spiro atoms. The Balaban J connectivity index is 1.81. The minimum atomic E-state index is -0.827. The number of carboxylic acids is 1. The van der Waals surface area contributed by atoms with E-state index in [1.165, 1.54) is 0 Å². The monoisotopic (exact) mass is 188 g/mol. The molecule has 1 atom stereocenters. The fourth-order valence-corrected chi connectivity index (χ4v) is 1.26. The van der Waals surface area contributed by atoms with E-state index in [0.29, 0.717) is 13.0 Å². The predicted octanol–water partition coefficient (Wildman–Crippen LogP) is 1.13. The Kier molecular flexibility index (Phi) is 3.69. The molecule has 0 radical (unpaired) electrons. The summed E-state index contributed by atoms with van der Waals surface area (Å²) in [5.41, 5.74) is 0. The number of carbonyl (C=O) groups is 1. The first-order valence-corrected chi connectivity index (χ1v) is 4.70. The Hall–Kier alpha value is -0.610. The topological polar surface area (TPSA) is 70.1 Å². The van der Waals surface area contributed by atoms with Gasteiger partial charge in [0, 0.05) is 12.8 Å². The maximum Gasteiger partial charge on any atom is 0.303 e. The molecule has 1 aliphatic rings. The van der Waals surface area contributed by atoms with Crippen molar-refractivity contribution in [3.63, 3.8) is 0 Å². The lowest BCUT2D eigenvalue weighted by Crippen LogP contribution is -2.08. The number of hydrogen-bond acceptors (Lipinski definition) is 3. The van der Waals surface area contributed by atoms with Crippen LogP contribution in [0.3, 0.4) is 0 Å². The molecule has 0 aromatic rings. The normalized spacial score (nSPS) is 25.9. The summed E-state index contributed by atoms with van der Waals surface area (Å²) in [5, 5.41) is 17.6. The first-order chi connectivity index (χ1) is 6.12. The van der Waals surface area contributed by atoms with Crippen LogP contribution in [-0.4, -0.2) is 28.6 Å². The van der Waals surface area contributed by atoms with Gasteiger partial charge in [0.15, 0.2) is 5.79 Å². The zero-order chi connectivity index (χ0) is 9.73. The molecular weight excluding hydrogens is 172 g/mol. The SMILES string of the molecule is O=C(O)CCCCCCC1(O)CO1. The molecule has 1 saturated heterocycles. The van der Waals surface area contributed by atoms with Crippen molar-refractivity contribution in [2.75, 3.05) is 6.61 Å². The highest BCUT2D eigenvalue weighted by molar-refractivity contribution is 5.66. The Morgan fingerprint density at radius 3 is 2.46 bits per heavy atom. The molecule has 1 rings (SSSR count). The van der Waals surface area contributed by atoms with Crippen molar-refractivity contribution >= 4 is 5.97 Å². The third-order valence-electron chi connectivity index (χ3n) is 2.19.